The standard InChI is InChI=1S/C24H42O21.5H2O/c25-1-6-10(28)14(32)17(35)21(41-6)39-3-8-11(29)15(33)18(36)22(42-8)40-4-9-12(30)16(34)19(37)23(43-9)45-24(5-27)20(38)13(31)7(2-26)44-24;;;;;/h6-23,25-38H,1-5H2;5*1H2/t6-,7-,8-,9-,10+,11+,12-,13-,14+,15+,16+,17-,18-,19-,20+,21+,22+,23-,24+;;;;;/m1...../s1. The lowest BCUT2D eigenvalue weighted by Crippen LogP contribution is -2.64. The van der Waals surface area contributed by atoms with Crippen molar-refractivity contribution < 1.29 is 132 Å². The van der Waals surface area contributed by atoms with Crippen LogP contribution in [0.5, 0.6) is 0 Å². The van der Waals surface area contributed by atoms with Gasteiger partial charge >= 0.3 is 0 Å². The van der Waals surface area contributed by atoms with E-state index in [1.807, 2.05) is 0 Å². The molecule has 304 valence electrons. The number of aliphatic hydroxyl groups is 14. The molecule has 4 heterocycles. The first-order valence-electron chi connectivity index (χ1n) is 14.1. The summed E-state index contributed by atoms with van der Waals surface area (Å²) >= 11 is 0. The molecule has 4 aliphatic heterocycles. The molecule has 26 heteroatoms. The molecule has 4 saturated heterocycles. The molecule has 4 fully saturated rings. The predicted octanol–water partition coefficient (Wildman–Crippen LogP) is -13.9. The van der Waals surface area contributed by atoms with E-state index >= 15 is 0 Å². The Morgan fingerprint density at radius 3 is 1.16 bits per heavy atom. The third-order valence-electron chi connectivity index (χ3n) is 8.26. The molecule has 24 N–H and O–H groups in total. The highest BCUT2D eigenvalue weighted by Gasteiger charge is 2.58. The Balaban J connectivity index is 0. The molecule has 0 aromatic rings. The van der Waals surface area contributed by atoms with E-state index in [0.29, 0.717) is 0 Å². The van der Waals surface area contributed by atoms with E-state index in [-0.39, 0.29) is 27.4 Å². The smallest absolute Gasteiger partial charge is 0.224 e. The van der Waals surface area contributed by atoms with Crippen LogP contribution in [0.4, 0.5) is 0 Å². The molecule has 0 aliphatic carbocycles. The van der Waals surface area contributed by atoms with Crippen LogP contribution in [-0.2, 0) is 33.2 Å². The van der Waals surface area contributed by atoms with Crippen LogP contribution in [0.15, 0.2) is 0 Å². The first-order chi connectivity index (χ1) is 21.2. The largest absolute Gasteiger partial charge is 0.412 e. The molecule has 0 spiro atoms. The highest BCUT2D eigenvalue weighted by atomic mass is 16.8. The molecule has 50 heavy (non-hydrogen) atoms. The average molecular weight is 757 g/mol. The van der Waals surface area contributed by atoms with Gasteiger partial charge in [-0.15, -0.1) is 0 Å². The van der Waals surface area contributed by atoms with Gasteiger partial charge in [0.15, 0.2) is 18.9 Å². The van der Waals surface area contributed by atoms with Gasteiger partial charge in [-0.1, -0.05) is 0 Å². The first kappa shape index (κ1) is 51.1. The summed E-state index contributed by atoms with van der Waals surface area (Å²) in [5.41, 5.74) is 0. The van der Waals surface area contributed by atoms with E-state index in [9.17, 15) is 71.5 Å². The molecule has 4 rings (SSSR count). The van der Waals surface area contributed by atoms with E-state index in [1.54, 1.807) is 0 Å². The van der Waals surface area contributed by atoms with Gasteiger partial charge in [0.1, 0.15) is 98.2 Å². The van der Waals surface area contributed by atoms with Gasteiger partial charge in [0, 0.05) is 0 Å². The molecule has 0 unspecified atom stereocenters. The number of rotatable bonds is 11. The van der Waals surface area contributed by atoms with Gasteiger partial charge < -0.3 is 132 Å². The number of aliphatic hydroxyl groups excluding tert-OH is 14. The maximum atomic E-state index is 10.5. The van der Waals surface area contributed by atoms with Gasteiger partial charge in [-0.05, 0) is 0 Å². The first-order valence-corrected chi connectivity index (χ1v) is 14.1. The van der Waals surface area contributed by atoms with E-state index < -0.39 is 149 Å². The number of hydrogen-bond donors (Lipinski definition) is 14. The average Bonchev–Trinajstić information content (AvgIpc) is 3.28. The predicted molar refractivity (Wildman–Crippen MR) is 152 cm³/mol. The quantitative estimate of drug-likeness (QED) is 0.0930. The molecule has 0 radical (unpaired) electrons. The van der Waals surface area contributed by atoms with Crippen LogP contribution in [0.1, 0.15) is 0 Å². The lowest BCUT2D eigenvalue weighted by atomic mass is 9.98. The van der Waals surface area contributed by atoms with Crippen molar-refractivity contribution in [3.63, 3.8) is 0 Å². The Labute approximate surface area is 281 Å². The zero-order chi connectivity index (χ0) is 33.4. The minimum absolute atomic E-state index is 0. The number of hydrogen-bond acceptors (Lipinski definition) is 21. The van der Waals surface area contributed by atoms with E-state index in [0.717, 1.165) is 0 Å². The molecular formula is C24H52O26. The van der Waals surface area contributed by atoms with Crippen molar-refractivity contribution >= 4 is 0 Å². The monoisotopic (exact) mass is 756 g/mol. The maximum absolute atomic E-state index is 10.5. The normalized spacial score (nSPS) is 47.4. The second-order valence-corrected chi connectivity index (χ2v) is 11.3. The number of ether oxygens (including phenoxy) is 7. The Morgan fingerprint density at radius 1 is 0.420 bits per heavy atom. The van der Waals surface area contributed by atoms with Gasteiger partial charge in [0.05, 0.1) is 26.4 Å². The molecule has 26 nitrogen and oxygen atoms in total. The van der Waals surface area contributed by atoms with Crippen LogP contribution in [0, 0.1) is 0 Å². The highest BCUT2D eigenvalue weighted by molar-refractivity contribution is 4.99. The third kappa shape index (κ3) is 9.93. The van der Waals surface area contributed by atoms with Crippen molar-refractivity contribution in [3.8, 4) is 0 Å². The van der Waals surface area contributed by atoms with E-state index in [2.05, 4.69) is 0 Å². The van der Waals surface area contributed by atoms with Gasteiger partial charge in [-0.25, -0.2) is 0 Å². The zero-order valence-electron chi connectivity index (χ0n) is 26.0. The van der Waals surface area contributed by atoms with Gasteiger partial charge in [-0.2, -0.15) is 0 Å². The fourth-order valence-electron chi connectivity index (χ4n) is 5.39. The summed E-state index contributed by atoms with van der Waals surface area (Å²) in [7, 11) is 0. The lowest BCUT2D eigenvalue weighted by Gasteiger charge is -2.45. The van der Waals surface area contributed by atoms with Crippen LogP contribution >= 0.6 is 0 Å². The molecule has 0 saturated carbocycles. The molecule has 0 aromatic carbocycles. The van der Waals surface area contributed by atoms with E-state index in [1.165, 1.54) is 0 Å². The van der Waals surface area contributed by atoms with E-state index in [4.69, 9.17) is 33.2 Å². The van der Waals surface area contributed by atoms with Crippen molar-refractivity contribution in [3.05, 3.63) is 0 Å². The highest BCUT2D eigenvalue weighted by Crippen LogP contribution is 2.36. The van der Waals surface area contributed by atoms with Gasteiger partial charge in [0.25, 0.3) is 0 Å². The zero-order valence-corrected chi connectivity index (χ0v) is 26.0. The van der Waals surface area contributed by atoms with Crippen LogP contribution in [-0.4, -0.2) is 248 Å². The Hall–Kier alpha value is -1.04. The lowest BCUT2D eigenvalue weighted by molar-refractivity contribution is -0.388. The molecule has 19 atom stereocenters. The Bertz CT molecular complexity index is 936. The van der Waals surface area contributed by atoms with Crippen molar-refractivity contribution in [1.29, 1.82) is 0 Å². The second-order valence-electron chi connectivity index (χ2n) is 11.3. The summed E-state index contributed by atoms with van der Waals surface area (Å²) in [6.45, 7) is -4.02. The summed E-state index contributed by atoms with van der Waals surface area (Å²) in [5.74, 6) is -2.43. The summed E-state index contributed by atoms with van der Waals surface area (Å²) in [4.78, 5) is 0. The van der Waals surface area contributed by atoms with Crippen LogP contribution < -0.4 is 0 Å². The molecule has 4 aliphatic rings. The van der Waals surface area contributed by atoms with Crippen molar-refractivity contribution in [2.24, 2.45) is 0 Å². The van der Waals surface area contributed by atoms with Crippen molar-refractivity contribution in [1.82, 2.24) is 0 Å². The SMILES string of the molecule is O.O.O.O.O.OC[C@H]1O[C@H](OC[C@H]2O[C@H](OC[C@H]3O[C@H](O[C@]4(CO)O[C@H](CO)[C@@H](O)[C@@H]4O)[C@H](O)[C@@H](O)[C@@H]3O)[C@H](O)[C@@H](O)[C@H]2O)[C@H](O)[C@@H](O)[C@H]1O. The summed E-state index contributed by atoms with van der Waals surface area (Å²) in [6.07, 6.45) is -31.4. The molecule has 0 bridgehead atoms. The Kier molecular flexibility index (Phi) is 21.5. The second kappa shape index (κ2) is 21.0. The minimum atomic E-state index is -2.43. The fourth-order valence-corrected chi connectivity index (χ4v) is 5.39. The minimum Gasteiger partial charge on any atom is -0.412 e. The fraction of sp³-hybridized carbons (Fsp3) is 1.00. The topological polar surface area (TPSA) is 505 Å². The molecular weight excluding hydrogens is 704 g/mol. The maximum Gasteiger partial charge on any atom is 0.224 e. The summed E-state index contributed by atoms with van der Waals surface area (Å²) in [5, 5.41) is 141. The van der Waals surface area contributed by atoms with Crippen LogP contribution in [0.2, 0.25) is 0 Å². The summed E-state index contributed by atoms with van der Waals surface area (Å²) in [6, 6.07) is 0. The van der Waals surface area contributed by atoms with Crippen LogP contribution in [0.3, 0.4) is 0 Å². The van der Waals surface area contributed by atoms with Gasteiger partial charge in [-0.3, -0.25) is 0 Å². The van der Waals surface area contributed by atoms with Gasteiger partial charge in [0.2, 0.25) is 5.79 Å². The van der Waals surface area contributed by atoms with Crippen LogP contribution in [0.25, 0.3) is 0 Å². The Morgan fingerprint density at radius 2 is 0.780 bits per heavy atom. The van der Waals surface area contributed by atoms with Crippen molar-refractivity contribution in [2.75, 3.05) is 33.0 Å². The summed E-state index contributed by atoms with van der Waals surface area (Å²) < 4.78 is 37.6. The third-order valence-corrected chi connectivity index (χ3v) is 8.26. The van der Waals surface area contributed by atoms with Crippen molar-refractivity contribution in [2.45, 2.75) is 116 Å². The molecule has 0 amide bonds. The molecule has 0 aromatic heterocycles.